The number of aliphatic hydroxyl groups excluding tert-OH is 1. The highest BCUT2D eigenvalue weighted by Crippen LogP contribution is 2.26. The molecule has 1 aromatic rings. The van der Waals surface area contributed by atoms with Crippen LogP contribution in [0.25, 0.3) is 0 Å². The number of rotatable bonds is 3. The van der Waals surface area contributed by atoms with Gasteiger partial charge < -0.3 is 9.84 Å². The highest BCUT2D eigenvalue weighted by atomic mass is 35.5. The maximum absolute atomic E-state index is 10.1. The minimum absolute atomic E-state index is 0.512. The molecular formula is C12H15Cl2NO2. The van der Waals surface area contributed by atoms with Gasteiger partial charge in [-0.25, -0.2) is 0 Å². The van der Waals surface area contributed by atoms with Gasteiger partial charge in [0.1, 0.15) is 0 Å². The molecule has 94 valence electrons. The summed E-state index contributed by atoms with van der Waals surface area (Å²) >= 11 is 11.9. The minimum atomic E-state index is -0.585. The van der Waals surface area contributed by atoms with Crippen molar-refractivity contribution in [2.45, 2.75) is 6.10 Å². The zero-order valence-electron chi connectivity index (χ0n) is 9.40. The summed E-state index contributed by atoms with van der Waals surface area (Å²) in [6.45, 7) is 3.72. The average Bonchev–Trinajstić information content (AvgIpc) is 2.30. The Morgan fingerprint density at radius 2 is 2.00 bits per heavy atom. The average molecular weight is 276 g/mol. The van der Waals surface area contributed by atoms with Crippen LogP contribution in [0.1, 0.15) is 11.7 Å². The van der Waals surface area contributed by atoms with E-state index in [2.05, 4.69) is 4.90 Å². The van der Waals surface area contributed by atoms with E-state index in [1.165, 1.54) is 0 Å². The second-order valence-electron chi connectivity index (χ2n) is 4.09. The van der Waals surface area contributed by atoms with Crippen molar-refractivity contribution in [3.8, 4) is 0 Å². The molecule has 17 heavy (non-hydrogen) atoms. The Bertz CT molecular complexity index is 381. The molecule has 5 heteroatoms. The van der Waals surface area contributed by atoms with Crippen LogP contribution in [-0.2, 0) is 4.74 Å². The van der Waals surface area contributed by atoms with E-state index < -0.39 is 6.10 Å². The van der Waals surface area contributed by atoms with Crippen LogP contribution in [-0.4, -0.2) is 42.9 Å². The molecule has 0 spiro atoms. The van der Waals surface area contributed by atoms with Gasteiger partial charge in [0.15, 0.2) is 0 Å². The minimum Gasteiger partial charge on any atom is -0.387 e. The summed E-state index contributed by atoms with van der Waals surface area (Å²) in [6, 6.07) is 5.17. The monoisotopic (exact) mass is 275 g/mol. The van der Waals surface area contributed by atoms with Crippen LogP contribution in [0.15, 0.2) is 18.2 Å². The van der Waals surface area contributed by atoms with E-state index in [9.17, 15) is 5.11 Å². The Morgan fingerprint density at radius 3 is 2.65 bits per heavy atom. The van der Waals surface area contributed by atoms with Crippen molar-refractivity contribution in [3.63, 3.8) is 0 Å². The van der Waals surface area contributed by atoms with Gasteiger partial charge in [0.2, 0.25) is 0 Å². The molecule has 0 aliphatic carbocycles. The Kier molecular flexibility index (Phi) is 4.65. The predicted octanol–water partition coefficient (Wildman–Crippen LogP) is 2.36. The predicted molar refractivity (Wildman–Crippen MR) is 68.7 cm³/mol. The number of benzene rings is 1. The van der Waals surface area contributed by atoms with Crippen LogP contribution in [0.4, 0.5) is 0 Å². The number of morpholine rings is 1. The van der Waals surface area contributed by atoms with Gasteiger partial charge in [-0.05, 0) is 12.1 Å². The molecule has 1 aromatic carbocycles. The number of hydrogen-bond donors (Lipinski definition) is 1. The molecule has 0 bridgehead atoms. The van der Waals surface area contributed by atoms with Gasteiger partial charge >= 0.3 is 0 Å². The summed E-state index contributed by atoms with van der Waals surface area (Å²) in [7, 11) is 0. The molecule has 0 aromatic heterocycles. The van der Waals surface area contributed by atoms with Crippen LogP contribution >= 0.6 is 23.2 Å². The molecule has 1 aliphatic rings. The lowest BCUT2D eigenvalue weighted by molar-refractivity contribution is 0.0143. The van der Waals surface area contributed by atoms with E-state index >= 15 is 0 Å². The summed E-state index contributed by atoms with van der Waals surface area (Å²) in [5.41, 5.74) is 0.725. The number of halogens is 2. The van der Waals surface area contributed by atoms with E-state index in [0.29, 0.717) is 16.6 Å². The van der Waals surface area contributed by atoms with Crippen molar-refractivity contribution in [1.82, 2.24) is 4.90 Å². The molecule has 1 fully saturated rings. The van der Waals surface area contributed by atoms with Gasteiger partial charge in [-0.1, -0.05) is 29.3 Å². The SMILES string of the molecule is OC(CN1CCOCC1)c1ccc(Cl)cc1Cl. The molecule has 1 aliphatic heterocycles. The number of nitrogens with zero attached hydrogens (tertiary/aromatic N) is 1. The molecule has 3 nitrogen and oxygen atoms in total. The van der Waals surface area contributed by atoms with Gasteiger partial charge in [-0.2, -0.15) is 0 Å². The lowest BCUT2D eigenvalue weighted by Gasteiger charge is -2.28. The summed E-state index contributed by atoms with van der Waals surface area (Å²) < 4.78 is 5.26. The van der Waals surface area contributed by atoms with Gasteiger partial charge in [0.05, 0.1) is 19.3 Å². The van der Waals surface area contributed by atoms with Crippen molar-refractivity contribution in [1.29, 1.82) is 0 Å². The smallest absolute Gasteiger partial charge is 0.0931 e. The van der Waals surface area contributed by atoms with E-state index in [4.69, 9.17) is 27.9 Å². The van der Waals surface area contributed by atoms with E-state index in [-0.39, 0.29) is 0 Å². The normalized spacial score (nSPS) is 19.2. The fourth-order valence-corrected chi connectivity index (χ4v) is 2.43. The maximum atomic E-state index is 10.1. The third-order valence-corrected chi connectivity index (χ3v) is 3.42. The summed E-state index contributed by atoms with van der Waals surface area (Å²) in [5, 5.41) is 11.2. The third kappa shape index (κ3) is 3.57. The Hall–Kier alpha value is -0.320. The number of β-amino-alcohol motifs (C(OH)–C–C–N with tert-alkyl or cyclic N) is 1. The van der Waals surface area contributed by atoms with Crippen molar-refractivity contribution in [2.24, 2.45) is 0 Å². The fraction of sp³-hybridized carbons (Fsp3) is 0.500. The van der Waals surface area contributed by atoms with Crippen LogP contribution in [0.5, 0.6) is 0 Å². The Morgan fingerprint density at radius 1 is 1.29 bits per heavy atom. The number of ether oxygens (including phenoxy) is 1. The van der Waals surface area contributed by atoms with E-state index in [1.807, 2.05) is 0 Å². The lowest BCUT2D eigenvalue weighted by Crippen LogP contribution is -2.38. The molecule has 0 amide bonds. The van der Waals surface area contributed by atoms with Crippen molar-refractivity contribution >= 4 is 23.2 Å². The van der Waals surface area contributed by atoms with Crippen LogP contribution in [0, 0.1) is 0 Å². The zero-order chi connectivity index (χ0) is 12.3. The van der Waals surface area contributed by atoms with Gasteiger partial charge in [-0.15, -0.1) is 0 Å². The first-order chi connectivity index (χ1) is 8.16. The van der Waals surface area contributed by atoms with Gasteiger partial charge in [0.25, 0.3) is 0 Å². The van der Waals surface area contributed by atoms with Crippen molar-refractivity contribution in [3.05, 3.63) is 33.8 Å². The first kappa shape index (κ1) is 13.1. The molecule has 0 saturated carbocycles. The molecule has 1 unspecified atom stereocenters. The molecule has 2 rings (SSSR count). The maximum Gasteiger partial charge on any atom is 0.0931 e. The largest absolute Gasteiger partial charge is 0.387 e. The lowest BCUT2D eigenvalue weighted by atomic mass is 10.1. The molecular weight excluding hydrogens is 261 g/mol. The number of aliphatic hydroxyl groups is 1. The van der Waals surface area contributed by atoms with Crippen LogP contribution in [0.2, 0.25) is 10.0 Å². The van der Waals surface area contributed by atoms with E-state index in [0.717, 1.165) is 31.9 Å². The molecule has 1 N–H and O–H groups in total. The zero-order valence-corrected chi connectivity index (χ0v) is 10.9. The second-order valence-corrected chi connectivity index (χ2v) is 4.94. The standard InChI is InChI=1S/C12H15Cl2NO2/c13-9-1-2-10(11(14)7-9)12(16)8-15-3-5-17-6-4-15/h1-2,7,12,16H,3-6,8H2. The van der Waals surface area contributed by atoms with Crippen LogP contribution in [0.3, 0.4) is 0 Å². The second kappa shape index (κ2) is 6.03. The molecule has 1 atom stereocenters. The Labute approximate surface area is 111 Å². The quantitative estimate of drug-likeness (QED) is 0.920. The van der Waals surface area contributed by atoms with Crippen molar-refractivity contribution in [2.75, 3.05) is 32.8 Å². The number of hydrogen-bond acceptors (Lipinski definition) is 3. The van der Waals surface area contributed by atoms with E-state index in [1.54, 1.807) is 18.2 Å². The summed E-state index contributed by atoms with van der Waals surface area (Å²) in [4.78, 5) is 2.17. The summed E-state index contributed by atoms with van der Waals surface area (Å²) in [6.07, 6.45) is -0.585. The third-order valence-electron chi connectivity index (χ3n) is 2.86. The topological polar surface area (TPSA) is 32.7 Å². The molecule has 1 heterocycles. The first-order valence-electron chi connectivity index (χ1n) is 5.60. The van der Waals surface area contributed by atoms with Gasteiger partial charge in [0, 0.05) is 35.2 Å². The van der Waals surface area contributed by atoms with Crippen molar-refractivity contribution < 1.29 is 9.84 Å². The highest BCUT2D eigenvalue weighted by molar-refractivity contribution is 6.35. The summed E-state index contributed by atoms with van der Waals surface area (Å²) in [5.74, 6) is 0. The Balaban J connectivity index is 2.00. The highest BCUT2D eigenvalue weighted by Gasteiger charge is 2.18. The fourth-order valence-electron chi connectivity index (χ4n) is 1.90. The molecule has 1 saturated heterocycles. The van der Waals surface area contributed by atoms with Gasteiger partial charge in [-0.3, -0.25) is 4.90 Å². The first-order valence-corrected chi connectivity index (χ1v) is 6.35. The molecule has 0 radical (unpaired) electrons. The van der Waals surface area contributed by atoms with Crippen LogP contribution < -0.4 is 0 Å².